The number of aromatic nitrogens is 3. The van der Waals surface area contributed by atoms with E-state index in [1.165, 1.54) is 11.8 Å². The number of sulfone groups is 1. The number of nitrogens with zero attached hydrogens (tertiary/aromatic N) is 5. The van der Waals surface area contributed by atoms with Crippen molar-refractivity contribution in [2.24, 2.45) is 5.92 Å². The summed E-state index contributed by atoms with van der Waals surface area (Å²) >= 11 is 0. The van der Waals surface area contributed by atoms with Crippen molar-refractivity contribution in [1.29, 1.82) is 0 Å². The Balaban J connectivity index is 1.57. The summed E-state index contributed by atoms with van der Waals surface area (Å²) < 4.78 is 43.7. The summed E-state index contributed by atoms with van der Waals surface area (Å²) in [7, 11) is -1.51. The minimum Gasteiger partial charge on any atom is -0.378 e. The summed E-state index contributed by atoms with van der Waals surface area (Å²) in [6.45, 7) is 7.88. The molecule has 204 valence electrons. The van der Waals surface area contributed by atoms with Crippen molar-refractivity contribution >= 4 is 32.2 Å². The van der Waals surface area contributed by atoms with E-state index in [1.54, 1.807) is 13.3 Å². The van der Waals surface area contributed by atoms with Gasteiger partial charge in [0, 0.05) is 61.9 Å². The van der Waals surface area contributed by atoms with Crippen molar-refractivity contribution < 1.29 is 17.5 Å². The number of halogens is 1. The van der Waals surface area contributed by atoms with Crippen molar-refractivity contribution in [1.82, 2.24) is 15.0 Å². The molecule has 5 rings (SSSR count). The number of anilines is 2. The van der Waals surface area contributed by atoms with Gasteiger partial charge in [-0.3, -0.25) is 4.98 Å². The zero-order valence-corrected chi connectivity index (χ0v) is 23.4. The van der Waals surface area contributed by atoms with Gasteiger partial charge in [0.1, 0.15) is 16.0 Å². The molecule has 0 saturated carbocycles. The summed E-state index contributed by atoms with van der Waals surface area (Å²) in [6.07, 6.45) is 3.87. The lowest BCUT2D eigenvalue weighted by Gasteiger charge is -2.48. The summed E-state index contributed by atoms with van der Waals surface area (Å²) in [6, 6.07) is 8.26. The smallest absolute Gasteiger partial charge is 0.226 e. The maximum absolute atomic E-state index is 14.6. The van der Waals surface area contributed by atoms with Crippen LogP contribution in [0.25, 0.3) is 22.2 Å². The quantitative estimate of drug-likeness (QED) is 0.439. The molecule has 2 aliphatic heterocycles. The van der Waals surface area contributed by atoms with Crippen LogP contribution in [0.15, 0.2) is 36.7 Å². The molecule has 8 nitrogen and oxygen atoms in total. The summed E-state index contributed by atoms with van der Waals surface area (Å²) in [5, 5.41) is 2.10. The minimum absolute atomic E-state index is 0.0791. The van der Waals surface area contributed by atoms with Gasteiger partial charge in [-0.1, -0.05) is 19.9 Å². The number of hydrogen-bond acceptors (Lipinski definition) is 8. The first-order valence-electron chi connectivity index (χ1n) is 13.2. The van der Waals surface area contributed by atoms with Gasteiger partial charge in [0.25, 0.3) is 0 Å². The van der Waals surface area contributed by atoms with Crippen LogP contribution >= 0.6 is 0 Å². The zero-order chi connectivity index (χ0) is 27.2. The topological polar surface area (TPSA) is 88.5 Å². The van der Waals surface area contributed by atoms with Crippen LogP contribution in [0.2, 0.25) is 0 Å². The molecular formula is C28H36FN5O3S. The molecule has 2 aromatic heterocycles. The lowest BCUT2D eigenvalue weighted by Crippen LogP contribution is -2.57. The molecule has 0 spiro atoms. The molecule has 0 bridgehead atoms. The average molecular weight is 542 g/mol. The summed E-state index contributed by atoms with van der Waals surface area (Å²) in [5.74, 6) is 1.05. The monoisotopic (exact) mass is 541 g/mol. The maximum atomic E-state index is 14.6. The van der Waals surface area contributed by atoms with Gasteiger partial charge >= 0.3 is 0 Å². The first-order chi connectivity index (χ1) is 18.1. The van der Waals surface area contributed by atoms with Gasteiger partial charge in [-0.2, -0.15) is 0 Å². The Morgan fingerprint density at radius 3 is 2.55 bits per heavy atom. The predicted molar refractivity (Wildman–Crippen MR) is 149 cm³/mol. The lowest BCUT2D eigenvalue weighted by molar-refractivity contribution is 0.0194. The molecule has 0 aliphatic carbocycles. The molecule has 2 fully saturated rings. The molecule has 0 radical (unpaired) electrons. The van der Waals surface area contributed by atoms with Crippen molar-refractivity contribution in [2.75, 3.05) is 48.6 Å². The molecule has 3 aromatic rings. The Hall–Kier alpha value is -2.85. The van der Waals surface area contributed by atoms with Crippen molar-refractivity contribution in [3.05, 3.63) is 42.2 Å². The van der Waals surface area contributed by atoms with Crippen LogP contribution in [0.5, 0.6) is 0 Å². The number of piperidine rings is 1. The number of benzene rings is 1. The number of rotatable bonds is 7. The van der Waals surface area contributed by atoms with Crippen LogP contribution in [0.3, 0.4) is 0 Å². The van der Waals surface area contributed by atoms with E-state index < -0.39 is 22.1 Å². The van der Waals surface area contributed by atoms with Gasteiger partial charge in [-0.15, -0.1) is 0 Å². The third-order valence-electron chi connectivity index (χ3n) is 7.95. The van der Waals surface area contributed by atoms with Crippen LogP contribution < -0.4 is 9.80 Å². The molecule has 1 aromatic carbocycles. The molecule has 0 amide bonds. The van der Waals surface area contributed by atoms with Crippen LogP contribution in [-0.4, -0.2) is 80.4 Å². The van der Waals surface area contributed by atoms with E-state index in [9.17, 15) is 12.8 Å². The largest absolute Gasteiger partial charge is 0.378 e. The molecule has 10 heteroatoms. The van der Waals surface area contributed by atoms with Crippen LogP contribution in [0.4, 0.5) is 16.0 Å². The highest BCUT2D eigenvalue weighted by molar-refractivity contribution is 7.90. The first-order valence-corrected chi connectivity index (χ1v) is 15.2. The van der Waals surface area contributed by atoms with E-state index in [0.717, 1.165) is 22.2 Å². The standard InChI is InChI=1S/C28H36FN5O3S/c1-17(2)20-6-7-24(34-14-19(18(34)3)16-38(5,35)36)26-21(20)8-11-30-27(26)23-9-12-31-28(32-23)33-13-10-25(37-4)22(29)15-33/h6-9,11-12,17-19,22,25H,10,13-16H2,1-5H3/t18-,19-,22+,25-/m1/s1. The number of hydrogen-bond donors (Lipinski definition) is 0. The van der Waals surface area contributed by atoms with E-state index in [1.807, 2.05) is 23.2 Å². The van der Waals surface area contributed by atoms with E-state index in [-0.39, 0.29) is 24.3 Å². The Morgan fingerprint density at radius 1 is 1.13 bits per heavy atom. The summed E-state index contributed by atoms with van der Waals surface area (Å²) in [5.41, 5.74) is 3.65. The molecule has 2 aliphatic rings. The molecule has 38 heavy (non-hydrogen) atoms. The predicted octanol–water partition coefficient (Wildman–Crippen LogP) is 4.25. The van der Waals surface area contributed by atoms with E-state index in [2.05, 4.69) is 42.8 Å². The minimum atomic E-state index is -3.05. The van der Waals surface area contributed by atoms with Crippen molar-refractivity contribution in [3.8, 4) is 11.4 Å². The van der Waals surface area contributed by atoms with Crippen LogP contribution in [-0.2, 0) is 14.6 Å². The zero-order valence-electron chi connectivity index (χ0n) is 22.6. The normalized spacial score (nSPS) is 24.2. The second-order valence-electron chi connectivity index (χ2n) is 10.9. The Morgan fingerprint density at radius 2 is 1.89 bits per heavy atom. The maximum Gasteiger partial charge on any atom is 0.226 e. The van der Waals surface area contributed by atoms with Crippen LogP contribution in [0.1, 0.15) is 38.7 Å². The van der Waals surface area contributed by atoms with Gasteiger partial charge in [-0.25, -0.2) is 22.8 Å². The number of methoxy groups -OCH3 is 1. The number of pyridine rings is 1. The van der Waals surface area contributed by atoms with Gasteiger partial charge in [-0.05, 0) is 48.4 Å². The van der Waals surface area contributed by atoms with Crippen LogP contribution in [0, 0.1) is 5.92 Å². The highest BCUT2D eigenvalue weighted by Gasteiger charge is 2.39. The van der Waals surface area contributed by atoms with Gasteiger partial charge in [0.15, 0.2) is 0 Å². The number of alkyl halides is 1. The summed E-state index contributed by atoms with van der Waals surface area (Å²) in [4.78, 5) is 18.2. The van der Waals surface area contributed by atoms with Crippen molar-refractivity contribution in [2.45, 2.75) is 51.4 Å². The average Bonchev–Trinajstić information content (AvgIpc) is 2.89. The molecule has 0 unspecified atom stereocenters. The second-order valence-corrected chi connectivity index (χ2v) is 13.1. The highest BCUT2D eigenvalue weighted by Crippen LogP contribution is 2.42. The number of ether oxygens (including phenoxy) is 1. The number of fused-ring (bicyclic) bond motifs is 1. The van der Waals surface area contributed by atoms with Gasteiger partial charge in [0.05, 0.1) is 29.8 Å². The molecular weight excluding hydrogens is 505 g/mol. The Bertz CT molecular complexity index is 1430. The van der Waals surface area contributed by atoms with Gasteiger partial charge < -0.3 is 14.5 Å². The fourth-order valence-electron chi connectivity index (χ4n) is 5.79. The third kappa shape index (κ3) is 5.08. The Labute approximate surface area is 224 Å². The Kier molecular flexibility index (Phi) is 7.30. The SMILES string of the molecule is CO[C@@H]1CCN(c2nccc(-c3nccc4c(C(C)C)ccc(N5C[C@H](CS(C)(=O)=O)[C@H]5C)c34)n2)C[C@@H]1F. The molecule has 2 saturated heterocycles. The van der Waals surface area contributed by atoms with Crippen molar-refractivity contribution in [3.63, 3.8) is 0 Å². The van der Waals surface area contributed by atoms with E-state index in [4.69, 9.17) is 14.7 Å². The second kappa shape index (κ2) is 10.4. The molecule has 4 heterocycles. The van der Waals surface area contributed by atoms with Gasteiger partial charge in [0.2, 0.25) is 5.95 Å². The fourth-order valence-corrected chi connectivity index (χ4v) is 6.95. The molecule has 0 N–H and O–H groups in total. The third-order valence-corrected chi connectivity index (χ3v) is 8.98. The first kappa shape index (κ1) is 26.7. The molecule has 4 atom stereocenters. The lowest BCUT2D eigenvalue weighted by atomic mass is 9.88. The fraction of sp³-hybridized carbons (Fsp3) is 0.536. The van der Waals surface area contributed by atoms with E-state index in [0.29, 0.717) is 37.1 Å². The highest BCUT2D eigenvalue weighted by atomic mass is 32.2. The van der Waals surface area contributed by atoms with E-state index >= 15 is 0 Å².